The molecular formula is C17H14F2N4O3S. The Balaban J connectivity index is 1.85. The Morgan fingerprint density at radius 1 is 1.22 bits per heavy atom. The topological polar surface area (TPSA) is 93.2 Å². The molecule has 3 rings (SSSR count). The second kappa shape index (κ2) is 7.62. The highest BCUT2D eigenvalue weighted by Gasteiger charge is 2.20. The third-order valence-electron chi connectivity index (χ3n) is 3.66. The minimum atomic E-state index is -1.13. The van der Waals surface area contributed by atoms with Gasteiger partial charge in [-0.05, 0) is 37.6 Å². The van der Waals surface area contributed by atoms with Gasteiger partial charge in [-0.3, -0.25) is 15.6 Å². The zero-order valence-corrected chi connectivity index (χ0v) is 15.1. The van der Waals surface area contributed by atoms with Crippen molar-refractivity contribution in [2.75, 3.05) is 12.0 Å². The number of carbonyl (C=O) groups excluding carboxylic acids is 2. The number of benzene rings is 1. The lowest BCUT2D eigenvalue weighted by Crippen LogP contribution is -2.30. The first-order valence-corrected chi connectivity index (χ1v) is 8.66. The predicted molar refractivity (Wildman–Crippen MR) is 95.6 cm³/mol. The molecule has 1 aromatic carbocycles. The zero-order chi connectivity index (χ0) is 19.6. The molecule has 0 fully saturated rings. The summed E-state index contributed by atoms with van der Waals surface area (Å²) in [4.78, 5) is 33.3. The molecule has 1 amide bonds. The summed E-state index contributed by atoms with van der Waals surface area (Å²) in [5, 5.41) is 0.552. The standard InChI is InChI=1S/C17H14F2N4O3S/c1-3-26-17(25)13-8(2)12-14(20-7-21-16(12)27-13)22-23-15(24)9-4-5-10(18)11(19)6-9/h4-7H,3H2,1-2H3,(H,23,24)(H,20,21,22). The first-order chi connectivity index (χ1) is 12.9. The van der Waals surface area contributed by atoms with E-state index in [9.17, 15) is 18.4 Å². The number of aryl methyl sites for hydroxylation is 1. The first-order valence-electron chi connectivity index (χ1n) is 7.85. The van der Waals surface area contributed by atoms with Crippen LogP contribution in [0, 0.1) is 18.6 Å². The summed E-state index contributed by atoms with van der Waals surface area (Å²) in [6, 6.07) is 2.80. The van der Waals surface area contributed by atoms with Gasteiger partial charge in [0, 0.05) is 5.56 Å². The van der Waals surface area contributed by atoms with E-state index in [2.05, 4.69) is 20.8 Å². The molecular weight excluding hydrogens is 378 g/mol. The van der Waals surface area contributed by atoms with Crippen molar-refractivity contribution in [3.8, 4) is 0 Å². The van der Waals surface area contributed by atoms with Crippen LogP contribution in [0.1, 0.15) is 32.5 Å². The fourth-order valence-corrected chi connectivity index (χ4v) is 3.43. The number of hydrogen-bond acceptors (Lipinski definition) is 7. The SMILES string of the molecule is CCOC(=O)c1sc2ncnc(NNC(=O)c3ccc(F)c(F)c3)c2c1C. The average molecular weight is 392 g/mol. The Morgan fingerprint density at radius 3 is 2.70 bits per heavy atom. The molecule has 0 saturated carbocycles. The van der Waals surface area contributed by atoms with Crippen molar-refractivity contribution in [1.29, 1.82) is 0 Å². The summed E-state index contributed by atoms with van der Waals surface area (Å²) in [6.45, 7) is 3.67. The maximum atomic E-state index is 13.3. The van der Waals surface area contributed by atoms with Crippen LogP contribution < -0.4 is 10.9 Å². The summed E-state index contributed by atoms with van der Waals surface area (Å²) in [5.41, 5.74) is 5.54. The number of nitrogens with one attached hydrogen (secondary N) is 2. The normalized spacial score (nSPS) is 10.7. The van der Waals surface area contributed by atoms with E-state index in [1.54, 1.807) is 13.8 Å². The van der Waals surface area contributed by atoms with Crippen molar-refractivity contribution >= 4 is 39.2 Å². The number of halogens is 2. The minimum absolute atomic E-state index is 0.0686. The molecule has 0 spiro atoms. The molecule has 0 aliphatic carbocycles. The van der Waals surface area contributed by atoms with E-state index in [0.717, 1.165) is 29.5 Å². The van der Waals surface area contributed by atoms with Gasteiger partial charge in [0.1, 0.15) is 16.0 Å². The van der Waals surface area contributed by atoms with E-state index >= 15 is 0 Å². The molecule has 0 saturated heterocycles. The Hall–Kier alpha value is -3.14. The molecule has 0 aliphatic rings. The van der Waals surface area contributed by atoms with Gasteiger partial charge in [0.2, 0.25) is 0 Å². The predicted octanol–water partition coefficient (Wildman–Crippen LogP) is 3.21. The fraction of sp³-hybridized carbons (Fsp3) is 0.176. The van der Waals surface area contributed by atoms with Crippen molar-refractivity contribution in [3.05, 3.63) is 52.2 Å². The summed E-state index contributed by atoms with van der Waals surface area (Å²) in [6.07, 6.45) is 1.28. The third kappa shape index (κ3) is 3.70. The van der Waals surface area contributed by atoms with Gasteiger partial charge in [-0.2, -0.15) is 0 Å². The molecule has 0 radical (unpaired) electrons. The van der Waals surface area contributed by atoms with Gasteiger partial charge in [-0.1, -0.05) is 0 Å². The molecule has 3 aromatic rings. The Labute approximate surface area is 156 Å². The van der Waals surface area contributed by atoms with Crippen LogP contribution in [0.3, 0.4) is 0 Å². The molecule has 0 unspecified atom stereocenters. The zero-order valence-electron chi connectivity index (χ0n) is 14.3. The molecule has 10 heteroatoms. The van der Waals surface area contributed by atoms with Crippen LogP contribution in [-0.2, 0) is 4.74 Å². The average Bonchev–Trinajstić information content (AvgIpc) is 2.99. The molecule has 0 bridgehead atoms. The van der Waals surface area contributed by atoms with Crippen LogP contribution in [0.25, 0.3) is 10.2 Å². The Bertz CT molecular complexity index is 1040. The Morgan fingerprint density at radius 2 is 2.00 bits per heavy atom. The number of amides is 1. The van der Waals surface area contributed by atoms with Crippen molar-refractivity contribution < 1.29 is 23.1 Å². The van der Waals surface area contributed by atoms with E-state index in [4.69, 9.17) is 4.74 Å². The lowest BCUT2D eigenvalue weighted by atomic mass is 10.2. The van der Waals surface area contributed by atoms with Crippen molar-refractivity contribution in [1.82, 2.24) is 15.4 Å². The Kier molecular flexibility index (Phi) is 5.26. The second-order valence-electron chi connectivity index (χ2n) is 5.39. The van der Waals surface area contributed by atoms with Gasteiger partial charge < -0.3 is 4.74 Å². The summed E-state index contributed by atoms with van der Waals surface area (Å²) in [5.74, 6) is -3.05. The van der Waals surface area contributed by atoms with Crippen molar-refractivity contribution in [2.24, 2.45) is 0 Å². The largest absolute Gasteiger partial charge is 0.462 e. The number of hydrogen-bond donors (Lipinski definition) is 2. The van der Waals surface area contributed by atoms with Gasteiger partial charge in [-0.15, -0.1) is 11.3 Å². The number of anilines is 1. The second-order valence-corrected chi connectivity index (χ2v) is 6.39. The summed E-state index contributed by atoms with van der Waals surface area (Å²) in [7, 11) is 0. The summed E-state index contributed by atoms with van der Waals surface area (Å²) >= 11 is 1.15. The maximum absolute atomic E-state index is 13.3. The van der Waals surface area contributed by atoms with Crippen LogP contribution >= 0.6 is 11.3 Å². The number of rotatable bonds is 5. The number of esters is 1. The van der Waals surface area contributed by atoms with E-state index < -0.39 is 23.5 Å². The monoisotopic (exact) mass is 392 g/mol. The van der Waals surface area contributed by atoms with Crippen LogP contribution in [0.4, 0.5) is 14.6 Å². The molecule has 2 heterocycles. The quantitative estimate of drug-likeness (QED) is 0.512. The van der Waals surface area contributed by atoms with Crippen LogP contribution in [0.2, 0.25) is 0 Å². The molecule has 7 nitrogen and oxygen atoms in total. The molecule has 2 N–H and O–H groups in total. The van der Waals surface area contributed by atoms with Crippen LogP contribution in [0.15, 0.2) is 24.5 Å². The first kappa shape index (κ1) is 18.6. The van der Waals surface area contributed by atoms with Crippen molar-refractivity contribution in [3.63, 3.8) is 0 Å². The van der Waals surface area contributed by atoms with E-state index in [0.29, 0.717) is 20.7 Å². The lowest BCUT2D eigenvalue weighted by molar-refractivity contribution is 0.0531. The van der Waals surface area contributed by atoms with E-state index in [1.807, 2.05) is 0 Å². The molecule has 140 valence electrons. The number of aromatic nitrogens is 2. The van der Waals surface area contributed by atoms with Gasteiger partial charge in [-0.25, -0.2) is 23.5 Å². The number of carbonyl (C=O) groups is 2. The number of thiophene rings is 1. The van der Waals surface area contributed by atoms with Gasteiger partial charge in [0.15, 0.2) is 17.5 Å². The third-order valence-corrected chi connectivity index (χ3v) is 4.84. The highest BCUT2D eigenvalue weighted by molar-refractivity contribution is 7.20. The number of ether oxygens (including phenoxy) is 1. The van der Waals surface area contributed by atoms with Crippen molar-refractivity contribution in [2.45, 2.75) is 13.8 Å². The maximum Gasteiger partial charge on any atom is 0.348 e. The van der Waals surface area contributed by atoms with Gasteiger partial charge in [0.25, 0.3) is 5.91 Å². The molecule has 0 atom stereocenters. The molecule has 2 aromatic heterocycles. The summed E-state index contributed by atoms with van der Waals surface area (Å²) < 4.78 is 31.3. The lowest BCUT2D eigenvalue weighted by Gasteiger charge is -2.09. The number of hydrazine groups is 1. The van der Waals surface area contributed by atoms with E-state index in [-0.39, 0.29) is 18.0 Å². The smallest absolute Gasteiger partial charge is 0.348 e. The molecule has 0 aliphatic heterocycles. The van der Waals surface area contributed by atoms with E-state index in [1.165, 1.54) is 6.33 Å². The van der Waals surface area contributed by atoms with Crippen LogP contribution in [-0.4, -0.2) is 28.5 Å². The highest BCUT2D eigenvalue weighted by atomic mass is 32.1. The molecule has 27 heavy (non-hydrogen) atoms. The number of fused-ring (bicyclic) bond motifs is 1. The van der Waals surface area contributed by atoms with Crippen LogP contribution in [0.5, 0.6) is 0 Å². The van der Waals surface area contributed by atoms with Gasteiger partial charge >= 0.3 is 5.97 Å². The number of nitrogens with zero attached hydrogens (tertiary/aromatic N) is 2. The van der Waals surface area contributed by atoms with Gasteiger partial charge in [0.05, 0.1) is 12.0 Å². The highest BCUT2D eigenvalue weighted by Crippen LogP contribution is 2.33. The fourth-order valence-electron chi connectivity index (χ4n) is 2.38. The minimum Gasteiger partial charge on any atom is -0.462 e.